The Labute approximate surface area is 105 Å². The predicted molar refractivity (Wildman–Crippen MR) is 66.8 cm³/mol. The summed E-state index contributed by atoms with van der Waals surface area (Å²) in [5.41, 5.74) is 0.807. The highest BCUT2D eigenvalue weighted by molar-refractivity contribution is 6.35. The van der Waals surface area contributed by atoms with E-state index in [1.807, 2.05) is 0 Å². The summed E-state index contributed by atoms with van der Waals surface area (Å²) in [6, 6.07) is 5.05. The fourth-order valence-corrected chi connectivity index (χ4v) is 1.80. The van der Waals surface area contributed by atoms with Crippen molar-refractivity contribution in [2.24, 2.45) is 0 Å². The molecule has 3 nitrogen and oxygen atoms in total. The molecule has 1 rings (SSSR count). The first-order valence-electron chi connectivity index (χ1n) is 4.94. The number of benzene rings is 1. The molecule has 0 fully saturated rings. The maximum atomic E-state index is 11.3. The number of carbonyl (C=O) groups excluding carboxylic acids is 1. The van der Waals surface area contributed by atoms with Crippen molar-refractivity contribution in [1.29, 1.82) is 0 Å². The lowest BCUT2D eigenvalue weighted by Gasteiger charge is -2.13. The maximum absolute atomic E-state index is 11.3. The first-order valence-corrected chi connectivity index (χ1v) is 5.69. The van der Waals surface area contributed by atoms with Gasteiger partial charge in [0.2, 0.25) is 5.91 Å². The van der Waals surface area contributed by atoms with E-state index in [0.29, 0.717) is 16.6 Å². The van der Waals surface area contributed by atoms with Crippen LogP contribution in [0.15, 0.2) is 18.2 Å². The van der Waals surface area contributed by atoms with Gasteiger partial charge in [-0.2, -0.15) is 0 Å². The van der Waals surface area contributed by atoms with Crippen LogP contribution in [0.1, 0.15) is 12.5 Å². The molecule has 1 amide bonds. The highest BCUT2D eigenvalue weighted by Crippen LogP contribution is 2.23. The topological polar surface area (TPSA) is 41.1 Å². The first kappa shape index (κ1) is 13.3. The van der Waals surface area contributed by atoms with E-state index in [9.17, 15) is 4.79 Å². The fraction of sp³-hybridized carbons (Fsp3) is 0.364. The molecule has 0 aliphatic carbocycles. The van der Waals surface area contributed by atoms with Gasteiger partial charge in [-0.25, -0.2) is 0 Å². The minimum atomic E-state index is -0.280. The molecular weight excluding hydrogens is 247 g/mol. The van der Waals surface area contributed by atoms with Crippen LogP contribution in [0.25, 0.3) is 0 Å². The van der Waals surface area contributed by atoms with Crippen molar-refractivity contribution in [1.82, 2.24) is 10.6 Å². The highest BCUT2D eigenvalue weighted by Gasteiger charge is 2.12. The van der Waals surface area contributed by atoms with Gasteiger partial charge in [0, 0.05) is 29.2 Å². The Bertz CT molecular complexity index is 362. The molecule has 0 spiro atoms. The monoisotopic (exact) mass is 260 g/mol. The summed E-state index contributed by atoms with van der Waals surface area (Å²) in [7, 11) is 1.60. The minimum Gasteiger partial charge on any atom is -0.358 e. The van der Waals surface area contributed by atoms with Gasteiger partial charge in [-0.3, -0.25) is 4.79 Å². The lowest BCUT2D eigenvalue weighted by atomic mass is 10.2. The van der Waals surface area contributed by atoms with Crippen molar-refractivity contribution in [3.05, 3.63) is 33.8 Å². The Balaban J connectivity index is 2.64. The number of halogens is 2. The van der Waals surface area contributed by atoms with E-state index in [0.717, 1.165) is 5.56 Å². The first-order chi connectivity index (χ1) is 7.56. The third-order valence-corrected chi connectivity index (χ3v) is 2.99. The minimum absolute atomic E-state index is 0.0665. The molecule has 88 valence electrons. The van der Waals surface area contributed by atoms with Crippen LogP contribution in [0, 0.1) is 0 Å². The number of amides is 1. The van der Waals surface area contributed by atoms with Gasteiger partial charge in [0.05, 0.1) is 6.04 Å². The van der Waals surface area contributed by atoms with Crippen LogP contribution in [0.5, 0.6) is 0 Å². The molecule has 1 aromatic carbocycles. The SMILES string of the molecule is CNC(=O)C(C)NCc1c(Cl)cccc1Cl. The van der Waals surface area contributed by atoms with Crippen LogP contribution >= 0.6 is 23.2 Å². The highest BCUT2D eigenvalue weighted by atomic mass is 35.5. The Morgan fingerprint density at radius 1 is 1.38 bits per heavy atom. The molecule has 1 unspecified atom stereocenters. The molecular formula is C11H14Cl2N2O. The molecule has 16 heavy (non-hydrogen) atoms. The summed E-state index contributed by atoms with van der Waals surface area (Å²) in [6.45, 7) is 2.25. The molecule has 1 atom stereocenters. The van der Waals surface area contributed by atoms with E-state index in [-0.39, 0.29) is 11.9 Å². The predicted octanol–water partition coefficient (Wildman–Crippen LogP) is 2.22. The molecule has 0 saturated heterocycles. The zero-order chi connectivity index (χ0) is 12.1. The van der Waals surface area contributed by atoms with E-state index < -0.39 is 0 Å². The fourth-order valence-electron chi connectivity index (χ4n) is 1.27. The van der Waals surface area contributed by atoms with E-state index in [1.54, 1.807) is 32.2 Å². The molecule has 0 bridgehead atoms. The normalized spacial score (nSPS) is 12.2. The van der Waals surface area contributed by atoms with E-state index in [4.69, 9.17) is 23.2 Å². The van der Waals surface area contributed by atoms with Gasteiger partial charge in [0.1, 0.15) is 0 Å². The zero-order valence-electron chi connectivity index (χ0n) is 9.18. The van der Waals surface area contributed by atoms with Crippen molar-refractivity contribution in [3.8, 4) is 0 Å². The van der Waals surface area contributed by atoms with Crippen LogP contribution in [0.3, 0.4) is 0 Å². The average molecular weight is 261 g/mol. The van der Waals surface area contributed by atoms with Gasteiger partial charge in [-0.1, -0.05) is 29.3 Å². The Kier molecular flexibility index (Phi) is 5.06. The Morgan fingerprint density at radius 2 is 1.94 bits per heavy atom. The summed E-state index contributed by atoms with van der Waals surface area (Å²) < 4.78 is 0. The van der Waals surface area contributed by atoms with Crippen molar-refractivity contribution in [2.75, 3.05) is 7.05 Å². The van der Waals surface area contributed by atoms with Crippen molar-refractivity contribution in [3.63, 3.8) is 0 Å². The number of hydrogen-bond acceptors (Lipinski definition) is 2. The average Bonchev–Trinajstić information content (AvgIpc) is 2.27. The van der Waals surface area contributed by atoms with Gasteiger partial charge in [-0.05, 0) is 19.1 Å². The zero-order valence-corrected chi connectivity index (χ0v) is 10.7. The second kappa shape index (κ2) is 6.09. The van der Waals surface area contributed by atoms with Gasteiger partial charge in [0.15, 0.2) is 0 Å². The van der Waals surface area contributed by atoms with Crippen LogP contribution in [-0.2, 0) is 11.3 Å². The summed E-state index contributed by atoms with van der Waals surface area (Å²) in [5.74, 6) is -0.0665. The summed E-state index contributed by atoms with van der Waals surface area (Å²) in [6.07, 6.45) is 0. The third-order valence-electron chi connectivity index (χ3n) is 2.29. The van der Waals surface area contributed by atoms with Gasteiger partial charge in [0.25, 0.3) is 0 Å². The largest absolute Gasteiger partial charge is 0.358 e. The third kappa shape index (κ3) is 3.37. The van der Waals surface area contributed by atoms with Gasteiger partial charge in [-0.15, -0.1) is 0 Å². The van der Waals surface area contributed by atoms with Crippen molar-refractivity contribution < 1.29 is 4.79 Å². The Morgan fingerprint density at radius 3 is 2.44 bits per heavy atom. The summed E-state index contributed by atoms with van der Waals surface area (Å²) in [4.78, 5) is 11.3. The smallest absolute Gasteiger partial charge is 0.236 e. The molecule has 2 N–H and O–H groups in total. The molecule has 0 aliphatic rings. The number of carbonyl (C=O) groups is 1. The molecule has 0 heterocycles. The van der Waals surface area contributed by atoms with Gasteiger partial charge < -0.3 is 10.6 Å². The quantitative estimate of drug-likeness (QED) is 0.872. The molecule has 0 aromatic heterocycles. The lowest BCUT2D eigenvalue weighted by molar-refractivity contribution is -0.122. The second-order valence-corrected chi connectivity index (χ2v) is 4.23. The number of likely N-dealkylation sites (N-methyl/N-ethyl adjacent to an activating group) is 1. The summed E-state index contributed by atoms with van der Waals surface area (Å²) >= 11 is 12.0. The number of rotatable bonds is 4. The van der Waals surface area contributed by atoms with E-state index >= 15 is 0 Å². The molecule has 0 saturated carbocycles. The molecule has 0 aliphatic heterocycles. The summed E-state index contributed by atoms with van der Waals surface area (Å²) in [5, 5.41) is 6.82. The second-order valence-electron chi connectivity index (χ2n) is 3.42. The van der Waals surface area contributed by atoms with Crippen LogP contribution in [-0.4, -0.2) is 19.0 Å². The molecule has 5 heteroatoms. The maximum Gasteiger partial charge on any atom is 0.236 e. The standard InChI is InChI=1S/C11H14Cl2N2O/c1-7(11(16)14-2)15-6-8-9(12)4-3-5-10(8)13/h3-5,7,15H,6H2,1-2H3,(H,14,16). The van der Waals surface area contributed by atoms with Crippen LogP contribution in [0.4, 0.5) is 0 Å². The van der Waals surface area contributed by atoms with Crippen molar-refractivity contribution >= 4 is 29.1 Å². The number of nitrogens with one attached hydrogen (secondary N) is 2. The number of hydrogen-bond donors (Lipinski definition) is 2. The van der Waals surface area contributed by atoms with E-state index in [2.05, 4.69) is 10.6 Å². The van der Waals surface area contributed by atoms with Crippen LogP contribution in [0.2, 0.25) is 10.0 Å². The molecule has 1 aromatic rings. The van der Waals surface area contributed by atoms with Crippen molar-refractivity contribution in [2.45, 2.75) is 19.5 Å². The van der Waals surface area contributed by atoms with E-state index in [1.165, 1.54) is 0 Å². The Hall–Kier alpha value is -0.770. The lowest BCUT2D eigenvalue weighted by Crippen LogP contribution is -2.40. The van der Waals surface area contributed by atoms with Gasteiger partial charge >= 0.3 is 0 Å². The molecule has 0 radical (unpaired) electrons. The van der Waals surface area contributed by atoms with Crippen LogP contribution < -0.4 is 10.6 Å².